The summed E-state index contributed by atoms with van der Waals surface area (Å²) in [6.45, 7) is 2.84. The number of benzene rings is 2. The molecule has 1 unspecified atom stereocenters. The number of nitrogens with zero attached hydrogens (tertiary/aromatic N) is 1. The van der Waals surface area contributed by atoms with E-state index in [1.165, 1.54) is 11.1 Å². The number of hydrogen-bond donors (Lipinski definition) is 0. The van der Waals surface area contributed by atoms with Gasteiger partial charge < -0.3 is 4.90 Å². The Hall–Kier alpha value is -2.09. The Morgan fingerprint density at radius 2 is 1.63 bits per heavy atom. The highest BCUT2D eigenvalue weighted by atomic mass is 16.2. The van der Waals surface area contributed by atoms with Crippen LogP contribution in [0, 0.1) is 0 Å². The van der Waals surface area contributed by atoms with Crippen molar-refractivity contribution in [3.05, 3.63) is 71.3 Å². The van der Waals surface area contributed by atoms with Gasteiger partial charge in [-0.25, -0.2) is 0 Å². The summed E-state index contributed by atoms with van der Waals surface area (Å²) >= 11 is 0. The van der Waals surface area contributed by atoms with Crippen molar-refractivity contribution >= 4 is 5.91 Å². The second-order valence-electron chi connectivity index (χ2n) is 5.12. The van der Waals surface area contributed by atoms with Gasteiger partial charge in [-0.3, -0.25) is 4.79 Å². The zero-order chi connectivity index (χ0) is 13.2. The van der Waals surface area contributed by atoms with Crippen molar-refractivity contribution in [2.75, 3.05) is 0 Å². The lowest BCUT2D eigenvalue weighted by Gasteiger charge is -2.35. The Morgan fingerprint density at radius 3 is 2.37 bits per heavy atom. The average Bonchev–Trinajstić information content (AvgIpc) is 2.47. The number of hydrogen-bond acceptors (Lipinski definition) is 1. The van der Waals surface area contributed by atoms with Crippen molar-refractivity contribution in [2.45, 2.75) is 25.9 Å². The van der Waals surface area contributed by atoms with Gasteiger partial charge in [-0.1, -0.05) is 42.5 Å². The SMILES string of the molecule is CC1Cc2ccccc2CN1C(=O)c1ccccc1. The van der Waals surface area contributed by atoms with E-state index in [0.717, 1.165) is 12.0 Å². The van der Waals surface area contributed by atoms with Crippen LogP contribution in [0.5, 0.6) is 0 Å². The molecule has 1 amide bonds. The van der Waals surface area contributed by atoms with Crippen molar-refractivity contribution in [2.24, 2.45) is 0 Å². The standard InChI is InChI=1S/C17H17NO/c1-13-11-15-9-5-6-10-16(15)12-18(13)17(19)14-7-3-2-4-8-14/h2-10,13H,11-12H2,1H3. The molecule has 0 aliphatic carbocycles. The number of carbonyl (C=O) groups excluding carboxylic acids is 1. The van der Waals surface area contributed by atoms with Gasteiger partial charge in [0, 0.05) is 18.2 Å². The summed E-state index contributed by atoms with van der Waals surface area (Å²) < 4.78 is 0. The van der Waals surface area contributed by atoms with Crippen molar-refractivity contribution in [1.29, 1.82) is 0 Å². The molecular formula is C17H17NO. The molecule has 0 bridgehead atoms. The third kappa shape index (κ3) is 2.26. The lowest BCUT2D eigenvalue weighted by Crippen LogP contribution is -2.42. The van der Waals surface area contributed by atoms with Crippen LogP contribution in [0.25, 0.3) is 0 Å². The van der Waals surface area contributed by atoms with Gasteiger partial charge >= 0.3 is 0 Å². The first kappa shape index (κ1) is 12.0. The molecule has 2 aromatic carbocycles. The topological polar surface area (TPSA) is 20.3 Å². The first-order valence-corrected chi connectivity index (χ1v) is 6.68. The Morgan fingerprint density at radius 1 is 1.00 bits per heavy atom. The van der Waals surface area contributed by atoms with Gasteiger partial charge in [0.25, 0.3) is 5.91 Å². The average molecular weight is 251 g/mol. The Balaban J connectivity index is 1.89. The van der Waals surface area contributed by atoms with Crippen LogP contribution >= 0.6 is 0 Å². The normalized spacial score (nSPS) is 17.9. The van der Waals surface area contributed by atoms with Crippen LogP contribution in [-0.2, 0) is 13.0 Å². The molecule has 0 saturated heterocycles. The lowest BCUT2D eigenvalue weighted by molar-refractivity contribution is 0.0658. The Kier molecular flexibility index (Phi) is 3.08. The van der Waals surface area contributed by atoms with E-state index in [1.54, 1.807) is 0 Å². The zero-order valence-electron chi connectivity index (χ0n) is 11.0. The minimum atomic E-state index is 0.127. The van der Waals surface area contributed by atoms with Crippen molar-refractivity contribution in [3.63, 3.8) is 0 Å². The minimum Gasteiger partial charge on any atom is -0.331 e. The summed E-state index contributed by atoms with van der Waals surface area (Å²) in [7, 11) is 0. The van der Waals surface area contributed by atoms with Crippen LogP contribution in [0.3, 0.4) is 0 Å². The summed E-state index contributed by atoms with van der Waals surface area (Å²) in [6.07, 6.45) is 0.939. The molecule has 0 saturated carbocycles. The van der Waals surface area contributed by atoms with E-state index in [4.69, 9.17) is 0 Å². The third-order valence-electron chi connectivity index (χ3n) is 3.79. The van der Waals surface area contributed by atoms with Crippen LogP contribution in [-0.4, -0.2) is 16.8 Å². The minimum absolute atomic E-state index is 0.127. The maximum atomic E-state index is 12.5. The van der Waals surface area contributed by atoms with Gasteiger partial charge in [-0.15, -0.1) is 0 Å². The molecule has 0 N–H and O–H groups in total. The summed E-state index contributed by atoms with van der Waals surface area (Å²) in [5, 5.41) is 0. The number of rotatable bonds is 1. The highest BCUT2D eigenvalue weighted by Gasteiger charge is 2.26. The van der Waals surface area contributed by atoms with Gasteiger partial charge in [0.05, 0.1) is 0 Å². The maximum absolute atomic E-state index is 12.5. The lowest BCUT2D eigenvalue weighted by atomic mass is 9.94. The fourth-order valence-electron chi connectivity index (χ4n) is 2.70. The first-order valence-electron chi connectivity index (χ1n) is 6.68. The monoisotopic (exact) mass is 251 g/mol. The predicted octanol–water partition coefficient (Wildman–Crippen LogP) is 3.27. The summed E-state index contributed by atoms with van der Waals surface area (Å²) in [5.41, 5.74) is 3.41. The molecule has 1 aliphatic rings. The quantitative estimate of drug-likeness (QED) is 0.761. The molecule has 0 radical (unpaired) electrons. The molecule has 3 rings (SSSR count). The molecule has 2 nitrogen and oxygen atoms in total. The van der Waals surface area contributed by atoms with E-state index >= 15 is 0 Å². The summed E-state index contributed by atoms with van der Waals surface area (Å²) in [5.74, 6) is 0.127. The predicted molar refractivity (Wildman–Crippen MR) is 75.9 cm³/mol. The molecule has 1 heterocycles. The van der Waals surface area contributed by atoms with Gasteiger partial charge in [0.2, 0.25) is 0 Å². The molecule has 96 valence electrons. The Bertz CT molecular complexity index is 591. The molecular weight excluding hydrogens is 234 g/mol. The molecule has 2 aromatic rings. The number of fused-ring (bicyclic) bond motifs is 1. The number of amides is 1. The smallest absolute Gasteiger partial charge is 0.254 e. The molecule has 0 aromatic heterocycles. The fourth-order valence-corrected chi connectivity index (χ4v) is 2.70. The van der Waals surface area contributed by atoms with Crippen LogP contribution in [0.1, 0.15) is 28.4 Å². The first-order chi connectivity index (χ1) is 9.25. The van der Waals surface area contributed by atoms with E-state index in [0.29, 0.717) is 6.54 Å². The van der Waals surface area contributed by atoms with Gasteiger partial charge in [-0.2, -0.15) is 0 Å². The van der Waals surface area contributed by atoms with Crippen LogP contribution in [0.4, 0.5) is 0 Å². The summed E-state index contributed by atoms with van der Waals surface area (Å²) in [6, 6.07) is 18.2. The van der Waals surface area contributed by atoms with Crippen LogP contribution in [0.15, 0.2) is 54.6 Å². The maximum Gasteiger partial charge on any atom is 0.254 e. The molecule has 0 spiro atoms. The van der Waals surface area contributed by atoms with Crippen LogP contribution in [0.2, 0.25) is 0 Å². The molecule has 19 heavy (non-hydrogen) atoms. The molecule has 0 fully saturated rings. The van der Waals surface area contributed by atoms with E-state index in [9.17, 15) is 4.79 Å². The van der Waals surface area contributed by atoms with Gasteiger partial charge in [0.1, 0.15) is 0 Å². The second-order valence-corrected chi connectivity index (χ2v) is 5.12. The largest absolute Gasteiger partial charge is 0.331 e. The third-order valence-corrected chi connectivity index (χ3v) is 3.79. The highest BCUT2D eigenvalue weighted by molar-refractivity contribution is 5.94. The number of carbonyl (C=O) groups is 1. The second kappa shape index (κ2) is 4.88. The van der Waals surface area contributed by atoms with Gasteiger partial charge in [-0.05, 0) is 36.6 Å². The van der Waals surface area contributed by atoms with E-state index in [-0.39, 0.29) is 11.9 Å². The van der Waals surface area contributed by atoms with Crippen molar-refractivity contribution in [3.8, 4) is 0 Å². The van der Waals surface area contributed by atoms with Crippen molar-refractivity contribution < 1.29 is 4.79 Å². The summed E-state index contributed by atoms with van der Waals surface area (Å²) in [4.78, 5) is 14.5. The van der Waals surface area contributed by atoms with E-state index in [1.807, 2.05) is 41.3 Å². The van der Waals surface area contributed by atoms with Gasteiger partial charge in [0.15, 0.2) is 0 Å². The van der Waals surface area contributed by atoms with Crippen LogP contribution < -0.4 is 0 Å². The van der Waals surface area contributed by atoms with E-state index < -0.39 is 0 Å². The highest BCUT2D eigenvalue weighted by Crippen LogP contribution is 2.24. The van der Waals surface area contributed by atoms with E-state index in [2.05, 4.69) is 25.1 Å². The van der Waals surface area contributed by atoms with Crippen molar-refractivity contribution in [1.82, 2.24) is 4.90 Å². The molecule has 2 heteroatoms. The fraction of sp³-hybridized carbons (Fsp3) is 0.235. The Labute approximate surface area is 113 Å². The molecule has 1 aliphatic heterocycles. The zero-order valence-corrected chi connectivity index (χ0v) is 11.0. The molecule has 1 atom stereocenters.